The van der Waals surface area contributed by atoms with E-state index in [1.165, 1.54) is 0 Å². The van der Waals surface area contributed by atoms with Crippen LogP contribution in [-0.4, -0.2) is 10.2 Å². The highest BCUT2D eigenvalue weighted by atomic mass is 19.1. The molecule has 0 aliphatic carbocycles. The van der Waals surface area contributed by atoms with Crippen molar-refractivity contribution in [3.05, 3.63) is 47.0 Å². The summed E-state index contributed by atoms with van der Waals surface area (Å²) in [5.41, 5.74) is 1.25. The van der Waals surface area contributed by atoms with E-state index in [9.17, 15) is 13.2 Å². The van der Waals surface area contributed by atoms with Crippen LogP contribution < -0.4 is 5.32 Å². The van der Waals surface area contributed by atoms with E-state index in [4.69, 9.17) is 0 Å². The molecule has 17 heavy (non-hydrogen) atoms. The maximum absolute atomic E-state index is 13.3. The number of hydrogen-bond donors (Lipinski definition) is 2. The number of H-pyrrole nitrogens is 1. The maximum atomic E-state index is 13.3. The maximum Gasteiger partial charge on any atom is 0.152 e. The third-order valence-electron chi connectivity index (χ3n) is 2.40. The molecule has 1 aromatic carbocycles. The van der Waals surface area contributed by atoms with Crippen molar-refractivity contribution in [2.45, 2.75) is 13.5 Å². The number of rotatable bonds is 3. The molecule has 2 N–H and O–H groups in total. The van der Waals surface area contributed by atoms with Crippen LogP contribution in [0.1, 0.15) is 11.3 Å². The number of nitrogens with zero attached hydrogens (tertiary/aromatic N) is 1. The lowest BCUT2D eigenvalue weighted by molar-refractivity contribution is 0.547. The van der Waals surface area contributed by atoms with Gasteiger partial charge in [0.2, 0.25) is 0 Å². The molecule has 0 atom stereocenters. The minimum absolute atomic E-state index is 0.210. The summed E-state index contributed by atoms with van der Waals surface area (Å²) in [6, 6.07) is 1.27. The van der Waals surface area contributed by atoms with Crippen molar-refractivity contribution >= 4 is 5.69 Å². The third kappa shape index (κ3) is 2.41. The van der Waals surface area contributed by atoms with Crippen molar-refractivity contribution in [2.75, 3.05) is 5.32 Å². The summed E-state index contributed by atoms with van der Waals surface area (Å²) < 4.78 is 39.2. The smallest absolute Gasteiger partial charge is 0.152 e. The average molecular weight is 241 g/mol. The molecule has 0 spiro atoms. The SMILES string of the molecule is Cc1[nH]ncc1CNc1c(F)cc(F)cc1F. The van der Waals surface area contributed by atoms with Crippen molar-refractivity contribution in [3.63, 3.8) is 0 Å². The van der Waals surface area contributed by atoms with Gasteiger partial charge in [-0.2, -0.15) is 5.10 Å². The monoisotopic (exact) mass is 241 g/mol. The molecule has 2 aromatic rings. The molecular formula is C11H10F3N3. The van der Waals surface area contributed by atoms with Gasteiger partial charge in [0.15, 0.2) is 11.6 Å². The molecule has 1 aromatic heterocycles. The van der Waals surface area contributed by atoms with Gasteiger partial charge >= 0.3 is 0 Å². The number of aryl methyl sites for hydroxylation is 1. The molecule has 3 nitrogen and oxygen atoms in total. The zero-order chi connectivity index (χ0) is 12.4. The Morgan fingerprint density at radius 3 is 2.41 bits per heavy atom. The van der Waals surface area contributed by atoms with E-state index in [-0.39, 0.29) is 12.2 Å². The molecule has 1 heterocycles. The van der Waals surface area contributed by atoms with Crippen LogP contribution in [0.4, 0.5) is 18.9 Å². The normalized spacial score (nSPS) is 10.6. The van der Waals surface area contributed by atoms with Crippen LogP contribution in [0, 0.1) is 24.4 Å². The molecule has 0 amide bonds. The Morgan fingerprint density at radius 1 is 1.24 bits per heavy atom. The van der Waals surface area contributed by atoms with E-state index in [0.717, 1.165) is 11.3 Å². The Balaban J connectivity index is 2.17. The Morgan fingerprint density at radius 2 is 1.88 bits per heavy atom. The average Bonchev–Trinajstić information content (AvgIpc) is 2.62. The van der Waals surface area contributed by atoms with Gasteiger partial charge in [-0.1, -0.05) is 0 Å². The van der Waals surface area contributed by atoms with Crippen molar-refractivity contribution < 1.29 is 13.2 Å². The van der Waals surface area contributed by atoms with Gasteiger partial charge in [0.25, 0.3) is 0 Å². The second kappa shape index (κ2) is 4.48. The van der Waals surface area contributed by atoms with Crippen LogP contribution in [0.25, 0.3) is 0 Å². The highest BCUT2D eigenvalue weighted by Gasteiger charge is 2.11. The lowest BCUT2D eigenvalue weighted by atomic mass is 10.2. The summed E-state index contributed by atoms with van der Waals surface area (Å²) in [6.07, 6.45) is 1.56. The lowest BCUT2D eigenvalue weighted by Gasteiger charge is -2.08. The summed E-state index contributed by atoms with van der Waals surface area (Å²) in [5.74, 6) is -2.85. The Labute approximate surface area is 95.7 Å². The summed E-state index contributed by atoms with van der Waals surface area (Å²) in [5, 5.41) is 9.06. The molecule has 0 aliphatic rings. The summed E-state index contributed by atoms with van der Waals surface area (Å²) in [7, 11) is 0. The van der Waals surface area contributed by atoms with E-state index in [1.807, 2.05) is 0 Å². The van der Waals surface area contributed by atoms with Gasteiger partial charge in [0.05, 0.1) is 6.20 Å². The van der Waals surface area contributed by atoms with Crippen LogP contribution in [0.15, 0.2) is 18.3 Å². The van der Waals surface area contributed by atoms with Crippen molar-refractivity contribution in [1.82, 2.24) is 10.2 Å². The van der Waals surface area contributed by atoms with E-state index in [0.29, 0.717) is 12.1 Å². The van der Waals surface area contributed by atoms with Gasteiger partial charge in [-0.25, -0.2) is 13.2 Å². The predicted molar refractivity (Wildman–Crippen MR) is 57.0 cm³/mol. The summed E-state index contributed by atoms with van der Waals surface area (Å²) in [6.45, 7) is 2.00. The first-order valence-electron chi connectivity index (χ1n) is 4.95. The zero-order valence-electron chi connectivity index (χ0n) is 9.02. The van der Waals surface area contributed by atoms with Gasteiger partial charge in [0.1, 0.15) is 11.5 Å². The molecule has 6 heteroatoms. The molecule has 90 valence electrons. The van der Waals surface area contributed by atoms with Gasteiger partial charge in [-0.3, -0.25) is 5.10 Å². The topological polar surface area (TPSA) is 40.7 Å². The fraction of sp³-hybridized carbons (Fsp3) is 0.182. The van der Waals surface area contributed by atoms with E-state index in [1.54, 1.807) is 13.1 Å². The highest BCUT2D eigenvalue weighted by molar-refractivity contribution is 5.47. The molecule has 2 rings (SSSR count). The van der Waals surface area contributed by atoms with E-state index < -0.39 is 17.5 Å². The van der Waals surface area contributed by atoms with Crippen molar-refractivity contribution in [1.29, 1.82) is 0 Å². The van der Waals surface area contributed by atoms with Crippen LogP contribution in [0.2, 0.25) is 0 Å². The van der Waals surface area contributed by atoms with Crippen LogP contribution in [-0.2, 0) is 6.54 Å². The zero-order valence-corrected chi connectivity index (χ0v) is 9.02. The number of halogens is 3. The standard InChI is InChI=1S/C11H10F3N3/c1-6-7(5-16-17-6)4-15-11-9(13)2-8(12)3-10(11)14/h2-3,5,15H,4H2,1H3,(H,16,17). The number of aromatic nitrogens is 2. The fourth-order valence-electron chi connectivity index (χ4n) is 1.45. The van der Waals surface area contributed by atoms with Gasteiger partial charge in [-0.05, 0) is 6.92 Å². The van der Waals surface area contributed by atoms with E-state index in [2.05, 4.69) is 15.5 Å². The summed E-state index contributed by atoms with van der Waals surface area (Å²) >= 11 is 0. The molecule has 0 fully saturated rings. The summed E-state index contributed by atoms with van der Waals surface area (Å²) in [4.78, 5) is 0. The minimum atomic E-state index is -0.955. The molecule has 0 radical (unpaired) electrons. The van der Waals surface area contributed by atoms with Crippen molar-refractivity contribution in [3.8, 4) is 0 Å². The third-order valence-corrected chi connectivity index (χ3v) is 2.40. The molecule has 0 bridgehead atoms. The highest BCUT2D eigenvalue weighted by Crippen LogP contribution is 2.21. The van der Waals surface area contributed by atoms with Crippen LogP contribution in [0.3, 0.4) is 0 Å². The van der Waals surface area contributed by atoms with Gasteiger partial charge in [-0.15, -0.1) is 0 Å². The number of aromatic amines is 1. The van der Waals surface area contributed by atoms with Crippen LogP contribution >= 0.6 is 0 Å². The molecule has 0 saturated heterocycles. The number of hydrogen-bond acceptors (Lipinski definition) is 2. The quantitative estimate of drug-likeness (QED) is 0.867. The van der Waals surface area contributed by atoms with Crippen molar-refractivity contribution in [2.24, 2.45) is 0 Å². The second-order valence-electron chi connectivity index (χ2n) is 3.62. The molecule has 0 unspecified atom stereocenters. The number of nitrogens with one attached hydrogen (secondary N) is 2. The number of benzene rings is 1. The largest absolute Gasteiger partial charge is 0.376 e. The number of anilines is 1. The first-order valence-corrected chi connectivity index (χ1v) is 4.95. The minimum Gasteiger partial charge on any atom is -0.376 e. The second-order valence-corrected chi connectivity index (χ2v) is 3.62. The molecular weight excluding hydrogens is 231 g/mol. The lowest BCUT2D eigenvalue weighted by Crippen LogP contribution is -2.04. The Bertz CT molecular complexity index is 514. The predicted octanol–water partition coefficient (Wildman–Crippen LogP) is 2.75. The Kier molecular flexibility index (Phi) is 3.03. The van der Waals surface area contributed by atoms with E-state index >= 15 is 0 Å². The van der Waals surface area contributed by atoms with Crippen LogP contribution in [0.5, 0.6) is 0 Å². The molecule has 0 aliphatic heterocycles. The first kappa shape index (κ1) is 11.5. The fourth-order valence-corrected chi connectivity index (χ4v) is 1.45. The molecule has 0 saturated carbocycles. The first-order chi connectivity index (χ1) is 8.08. The van der Waals surface area contributed by atoms with Gasteiger partial charge < -0.3 is 5.32 Å². The Hall–Kier alpha value is -1.98. The van der Waals surface area contributed by atoms with Gasteiger partial charge in [0, 0.05) is 29.9 Å².